The van der Waals surface area contributed by atoms with E-state index >= 15 is 0 Å². The van der Waals surface area contributed by atoms with Gasteiger partial charge in [-0.2, -0.15) is 0 Å². The van der Waals surface area contributed by atoms with Gasteiger partial charge in [0.2, 0.25) is 0 Å². The van der Waals surface area contributed by atoms with Crippen LogP contribution in [0.25, 0.3) is 4.85 Å². The van der Waals surface area contributed by atoms with E-state index in [1.165, 1.54) is 11.1 Å². The van der Waals surface area contributed by atoms with Crippen molar-refractivity contribution in [3.63, 3.8) is 0 Å². The molecule has 0 amide bonds. The SMILES string of the molecule is [C-]#[N+]c1cccc(Cc2ccc3c(c2)C(C#Cc2ccccn2)=NC3)c1. The van der Waals surface area contributed by atoms with E-state index in [2.05, 4.69) is 50.9 Å². The molecule has 3 heteroatoms. The number of aromatic nitrogens is 1. The highest BCUT2D eigenvalue weighted by molar-refractivity contribution is 6.15. The number of benzene rings is 2. The van der Waals surface area contributed by atoms with Gasteiger partial charge in [-0.3, -0.25) is 4.99 Å². The van der Waals surface area contributed by atoms with E-state index in [-0.39, 0.29) is 0 Å². The summed E-state index contributed by atoms with van der Waals surface area (Å²) in [6.45, 7) is 7.83. The van der Waals surface area contributed by atoms with Crippen molar-refractivity contribution < 1.29 is 0 Å². The molecule has 3 nitrogen and oxygen atoms in total. The Morgan fingerprint density at radius 3 is 2.73 bits per heavy atom. The van der Waals surface area contributed by atoms with Crippen LogP contribution in [0.4, 0.5) is 5.69 Å². The van der Waals surface area contributed by atoms with Crippen LogP contribution in [0.15, 0.2) is 71.9 Å². The number of hydrogen-bond acceptors (Lipinski definition) is 2. The number of aliphatic imine (C=N–C) groups is 1. The Bertz CT molecular complexity index is 1090. The summed E-state index contributed by atoms with van der Waals surface area (Å²) in [6, 6.07) is 19.9. The Hall–Kier alpha value is -3.69. The molecule has 0 aliphatic carbocycles. The van der Waals surface area contributed by atoms with Gasteiger partial charge in [0.05, 0.1) is 13.1 Å². The lowest BCUT2D eigenvalue weighted by atomic mass is 9.98. The normalized spacial score (nSPS) is 11.7. The monoisotopic (exact) mass is 333 g/mol. The predicted octanol–water partition coefficient (Wildman–Crippen LogP) is 4.58. The molecule has 0 saturated carbocycles. The highest BCUT2D eigenvalue weighted by Crippen LogP contribution is 2.23. The average Bonchev–Trinajstić information content (AvgIpc) is 3.09. The standard InChI is InChI=1S/C23H15N3/c1-24-21-7-4-5-17(14-21)13-18-8-9-19-16-26-23(22(19)15-18)11-10-20-6-2-3-12-25-20/h2-9,12,14-15H,13,16H2. The maximum atomic E-state index is 7.15. The predicted molar refractivity (Wildman–Crippen MR) is 103 cm³/mol. The Kier molecular flexibility index (Phi) is 4.29. The number of rotatable bonds is 2. The molecule has 0 spiro atoms. The van der Waals surface area contributed by atoms with E-state index in [1.807, 2.05) is 36.4 Å². The lowest BCUT2D eigenvalue weighted by Crippen LogP contribution is -1.98. The van der Waals surface area contributed by atoms with Crippen molar-refractivity contribution in [2.45, 2.75) is 13.0 Å². The van der Waals surface area contributed by atoms with Gasteiger partial charge in [-0.15, -0.1) is 0 Å². The maximum Gasteiger partial charge on any atom is 0.187 e. The first-order chi connectivity index (χ1) is 12.8. The Balaban J connectivity index is 1.60. The number of fused-ring (bicyclic) bond motifs is 1. The van der Waals surface area contributed by atoms with Crippen LogP contribution in [0.5, 0.6) is 0 Å². The van der Waals surface area contributed by atoms with Gasteiger partial charge >= 0.3 is 0 Å². The summed E-state index contributed by atoms with van der Waals surface area (Å²) in [7, 11) is 0. The maximum absolute atomic E-state index is 7.15. The van der Waals surface area contributed by atoms with Gasteiger partial charge in [-0.25, -0.2) is 9.83 Å². The lowest BCUT2D eigenvalue weighted by Gasteiger charge is -2.06. The zero-order valence-electron chi connectivity index (χ0n) is 14.1. The van der Waals surface area contributed by atoms with Crippen LogP contribution in [0.2, 0.25) is 0 Å². The second kappa shape index (κ2) is 7.05. The molecule has 0 fully saturated rings. The van der Waals surface area contributed by atoms with Crippen LogP contribution >= 0.6 is 0 Å². The van der Waals surface area contributed by atoms with Crippen molar-refractivity contribution in [3.8, 4) is 11.8 Å². The van der Waals surface area contributed by atoms with Gasteiger partial charge < -0.3 is 0 Å². The zero-order chi connectivity index (χ0) is 17.8. The molecule has 0 saturated heterocycles. The number of pyridine rings is 1. The summed E-state index contributed by atoms with van der Waals surface area (Å²) in [4.78, 5) is 12.3. The fourth-order valence-electron chi connectivity index (χ4n) is 2.98. The third-order valence-corrected chi connectivity index (χ3v) is 4.26. The molecule has 0 unspecified atom stereocenters. The molecule has 1 aliphatic heterocycles. The minimum Gasteiger partial charge on any atom is -0.271 e. The van der Waals surface area contributed by atoms with Crippen molar-refractivity contribution in [3.05, 3.63) is 106 Å². The molecule has 2 aromatic carbocycles. The van der Waals surface area contributed by atoms with Crippen LogP contribution in [-0.4, -0.2) is 10.7 Å². The summed E-state index contributed by atoms with van der Waals surface area (Å²) in [6.07, 6.45) is 2.53. The first kappa shape index (κ1) is 15.8. The van der Waals surface area contributed by atoms with E-state index in [1.54, 1.807) is 6.20 Å². The summed E-state index contributed by atoms with van der Waals surface area (Å²) in [5.41, 5.74) is 6.88. The quantitative estimate of drug-likeness (QED) is 0.499. The minimum atomic E-state index is 0.673. The molecule has 2 heterocycles. The van der Waals surface area contributed by atoms with Crippen LogP contribution in [0.3, 0.4) is 0 Å². The van der Waals surface area contributed by atoms with E-state index in [4.69, 9.17) is 6.57 Å². The van der Waals surface area contributed by atoms with Crippen molar-refractivity contribution in [2.75, 3.05) is 0 Å². The minimum absolute atomic E-state index is 0.673. The molecule has 0 radical (unpaired) electrons. The number of hydrogen-bond donors (Lipinski definition) is 0. The largest absolute Gasteiger partial charge is 0.271 e. The topological polar surface area (TPSA) is 29.6 Å². The van der Waals surface area contributed by atoms with Crippen molar-refractivity contribution >= 4 is 11.4 Å². The van der Waals surface area contributed by atoms with Gasteiger partial charge in [0.15, 0.2) is 5.69 Å². The van der Waals surface area contributed by atoms with Crippen LogP contribution in [-0.2, 0) is 13.0 Å². The smallest absolute Gasteiger partial charge is 0.187 e. The molecule has 1 aromatic heterocycles. The molecule has 0 bridgehead atoms. The van der Waals surface area contributed by atoms with Crippen molar-refractivity contribution in [2.24, 2.45) is 4.99 Å². The van der Waals surface area contributed by atoms with Gasteiger partial charge in [-0.1, -0.05) is 48.0 Å². The van der Waals surface area contributed by atoms with Crippen LogP contribution in [0.1, 0.15) is 27.9 Å². The Morgan fingerprint density at radius 2 is 1.88 bits per heavy atom. The third-order valence-electron chi connectivity index (χ3n) is 4.26. The van der Waals surface area contributed by atoms with E-state index in [9.17, 15) is 0 Å². The van der Waals surface area contributed by atoms with E-state index < -0.39 is 0 Å². The first-order valence-corrected chi connectivity index (χ1v) is 8.38. The fourth-order valence-corrected chi connectivity index (χ4v) is 2.98. The molecule has 4 rings (SSSR count). The van der Waals surface area contributed by atoms with Crippen LogP contribution < -0.4 is 0 Å². The second-order valence-corrected chi connectivity index (χ2v) is 6.08. The van der Waals surface area contributed by atoms with Gasteiger partial charge in [0.25, 0.3) is 0 Å². The first-order valence-electron chi connectivity index (χ1n) is 8.38. The van der Waals surface area contributed by atoms with Crippen molar-refractivity contribution in [1.82, 2.24) is 4.98 Å². The molecule has 1 aliphatic rings. The number of nitrogens with zero attached hydrogens (tertiary/aromatic N) is 3. The Labute approximate surface area is 152 Å². The second-order valence-electron chi connectivity index (χ2n) is 6.08. The van der Waals surface area contributed by atoms with Crippen molar-refractivity contribution in [1.29, 1.82) is 0 Å². The molecule has 26 heavy (non-hydrogen) atoms. The molecule has 0 N–H and O–H groups in total. The molecular weight excluding hydrogens is 318 g/mol. The van der Waals surface area contributed by atoms with E-state index in [0.29, 0.717) is 12.2 Å². The highest BCUT2D eigenvalue weighted by atomic mass is 14.8. The van der Waals surface area contributed by atoms with Gasteiger partial charge in [0, 0.05) is 11.8 Å². The van der Waals surface area contributed by atoms with E-state index in [0.717, 1.165) is 29.0 Å². The molecule has 0 atom stereocenters. The van der Waals surface area contributed by atoms with Crippen LogP contribution in [0, 0.1) is 18.4 Å². The summed E-state index contributed by atoms with van der Waals surface area (Å²) >= 11 is 0. The lowest BCUT2D eigenvalue weighted by molar-refractivity contribution is 1.10. The average molecular weight is 333 g/mol. The summed E-state index contributed by atoms with van der Waals surface area (Å²) in [5.74, 6) is 6.25. The highest BCUT2D eigenvalue weighted by Gasteiger charge is 2.14. The molecule has 3 aromatic rings. The fraction of sp³-hybridized carbons (Fsp3) is 0.0870. The third kappa shape index (κ3) is 3.38. The molecular formula is C23H15N3. The molecule has 122 valence electrons. The summed E-state index contributed by atoms with van der Waals surface area (Å²) in [5, 5.41) is 0. The summed E-state index contributed by atoms with van der Waals surface area (Å²) < 4.78 is 0. The zero-order valence-corrected chi connectivity index (χ0v) is 14.1. The van der Waals surface area contributed by atoms with Gasteiger partial charge in [-0.05, 0) is 47.6 Å². The van der Waals surface area contributed by atoms with Gasteiger partial charge in [0.1, 0.15) is 11.4 Å². The Morgan fingerprint density at radius 1 is 0.962 bits per heavy atom.